The molecule has 0 unspecified atom stereocenters. The number of hydrogen-bond acceptors (Lipinski definition) is 8. The van der Waals surface area contributed by atoms with Gasteiger partial charge in [-0.1, -0.05) is 36.9 Å². The van der Waals surface area contributed by atoms with Crippen molar-refractivity contribution in [3.8, 4) is 0 Å². The van der Waals surface area contributed by atoms with Crippen molar-refractivity contribution in [3.63, 3.8) is 0 Å². The molecule has 0 radical (unpaired) electrons. The Balaban J connectivity index is 1.41. The molecule has 10 heteroatoms. The van der Waals surface area contributed by atoms with Gasteiger partial charge in [-0.25, -0.2) is 9.67 Å². The van der Waals surface area contributed by atoms with E-state index in [1.807, 2.05) is 34.3 Å². The third kappa shape index (κ3) is 5.38. The quantitative estimate of drug-likeness (QED) is 0.321. The Morgan fingerprint density at radius 1 is 1.19 bits per heavy atom. The number of tetrazole rings is 1. The van der Waals surface area contributed by atoms with Gasteiger partial charge in [0.15, 0.2) is 5.13 Å². The first-order valence-electron chi connectivity index (χ1n) is 9.89. The van der Waals surface area contributed by atoms with Crippen molar-refractivity contribution in [1.82, 2.24) is 25.2 Å². The number of aryl methyl sites for hydroxylation is 3. The minimum atomic E-state index is -0.0599. The van der Waals surface area contributed by atoms with Gasteiger partial charge in [-0.3, -0.25) is 9.69 Å². The molecule has 0 saturated carbocycles. The molecular formula is C21H22N6OS3. The predicted molar refractivity (Wildman–Crippen MR) is 126 cm³/mol. The predicted octanol–water partition coefficient (Wildman–Crippen LogP) is 4.97. The molecule has 0 fully saturated rings. The maximum atomic E-state index is 12.3. The molecule has 0 aliphatic rings. The summed E-state index contributed by atoms with van der Waals surface area (Å²) in [4.78, 5) is 20.0. The maximum absolute atomic E-state index is 12.3. The monoisotopic (exact) mass is 470 g/mol. The highest BCUT2D eigenvalue weighted by molar-refractivity contribution is 7.98. The van der Waals surface area contributed by atoms with Gasteiger partial charge in [0.05, 0.1) is 17.9 Å². The first-order chi connectivity index (χ1) is 15.1. The summed E-state index contributed by atoms with van der Waals surface area (Å²) in [5.41, 5.74) is 2.96. The highest BCUT2D eigenvalue weighted by Crippen LogP contribution is 2.31. The number of thiazole rings is 1. The lowest BCUT2D eigenvalue weighted by molar-refractivity contribution is -0.115. The van der Waals surface area contributed by atoms with E-state index in [0.717, 1.165) is 35.9 Å². The van der Waals surface area contributed by atoms with Crippen LogP contribution in [0, 0.1) is 0 Å². The molecule has 0 saturated heterocycles. The van der Waals surface area contributed by atoms with E-state index in [-0.39, 0.29) is 5.91 Å². The summed E-state index contributed by atoms with van der Waals surface area (Å²) >= 11 is 4.75. The number of rotatable bonds is 9. The fourth-order valence-corrected chi connectivity index (χ4v) is 5.51. The van der Waals surface area contributed by atoms with Gasteiger partial charge in [0.2, 0.25) is 11.1 Å². The van der Waals surface area contributed by atoms with Gasteiger partial charge >= 0.3 is 0 Å². The summed E-state index contributed by atoms with van der Waals surface area (Å²) in [7, 11) is 0. The Bertz CT molecular complexity index is 1120. The number of carbonyl (C=O) groups is 1. The van der Waals surface area contributed by atoms with E-state index in [9.17, 15) is 4.79 Å². The molecule has 0 bridgehead atoms. The van der Waals surface area contributed by atoms with Gasteiger partial charge in [0.1, 0.15) is 0 Å². The fourth-order valence-electron chi connectivity index (χ4n) is 3.02. The summed E-state index contributed by atoms with van der Waals surface area (Å²) in [6.07, 6.45) is 1.87. The largest absolute Gasteiger partial charge is 0.274 e. The molecule has 3 heterocycles. The number of benzene rings is 1. The average Bonchev–Trinajstić information content (AvgIpc) is 3.53. The molecule has 1 amide bonds. The Morgan fingerprint density at radius 2 is 2.03 bits per heavy atom. The number of thiophene rings is 1. The van der Waals surface area contributed by atoms with Gasteiger partial charge < -0.3 is 0 Å². The molecule has 0 N–H and O–H groups in total. The van der Waals surface area contributed by atoms with E-state index < -0.39 is 0 Å². The zero-order valence-corrected chi connectivity index (χ0v) is 19.7. The Labute approximate surface area is 193 Å². The topological polar surface area (TPSA) is 76.8 Å². The number of amides is 1. The third-order valence-corrected chi connectivity index (χ3v) is 7.45. The lowest BCUT2D eigenvalue weighted by Crippen LogP contribution is -2.22. The minimum absolute atomic E-state index is 0.0599. The summed E-state index contributed by atoms with van der Waals surface area (Å²) in [6.45, 7) is 4.41. The van der Waals surface area contributed by atoms with Crippen molar-refractivity contribution in [2.24, 2.45) is 0 Å². The maximum Gasteiger partial charge on any atom is 0.230 e. The van der Waals surface area contributed by atoms with Gasteiger partial charge in [-0.05, 0) is 46.0 Å². The second-order valence-electron chi connectivity index (χ2n) is 6.80. The third-order valence-electron chi connectivity index (χ3n) is 4.65. The van der Waals surface area contributed by atoms with Crippen molar-refractivity contribution < 1.29 is 4.79 Å². The molecule has 0 aliphatic carbocycles. The lowest BCUT2D eigenvalue weighted by atomic mass is 10.1. The van der Waals surface area contributed by atoms with Crippen LogP contribution in [-0.4, -0.2) is 31.1 Å². The normalized spacial score (nSPS) is 11.0. The molecule has 1 aromatic carbocycles. The van der Waals surface area contributed by atoms with Crippen LogP contribution in [0.15, 0.2) is 52.3 Å². The zero-order chi connectivity index (χ0) is 21.6. The van der Waals surface area contributed by atoms with Crippen molar-refractivity contribution in [3.05, 3.63) is 63.3 Å². The molecule has 7 nitrogen and oxygen atoms in total. The van der Waals surface area contributed by atoms with Crippen LogP contribution >= 0.6 is 34.4 Å². The van der Waals surface area contributed by atoms with Crippen LogP contribution < -0.4 is 4.90 Å². The molecule has 160 valence electrons. The number of nitrogens with zero attached hydrogens (tertiary/aromatic N) is 6. The van der Waals surface area contributed by atoms with Crippen LogP contribution in [-0.2, 0) is 29.9 Å². The summed E-state index contributed by atoms with van der Waals surface area (Å²) in [5, 5.41) is 17.6. The van der Waals surface area contributed by atoms with E-state index in [1.54, 1.807) is 34.9 Å². The van der Waals surface area contributed by atoms with Crippen LogP contribution in [0.1, 0.15) is 30.0 Å². The number of hydrogen-bond donors (Lipinski definition) is 0. The molecule has 3 aromatic heterocycles. The standard InChI is InChI=1S/C21H22N6OS3/c1-3-16-6-8-18(9-7-16)27(15(2)28)20-22-17(13-30-20)14-31-21-23-24-25-26(21)11-10-19-5-4-12-29-19/h4-9,12-13H,3,10-11,14H2,1-2H3. The van der Waals surface area contributed by atoms with Gasteiger partial charge in [-0.15, -0.1) is 27.8 Å². The zero-order valence-electron chi connectivity index (χ0n) is 17.3. The van der Waals surface area contributed by atoms with Crippen LogP contribution in [0.25, 0.3) is 0 Å². The Kier molecular flexibility index (Phi) is 7.10. The number of carbonyl (C=O) groups excluding carboxylic acids is 1. The van der Waals surface area contributed by atoms with E-state index in [4.69, 9.17) is 4.98 Å². The van der Waals surface area contributed by atoms with Gasteiger partial charge in [-0.2, -0.15) is 0 Å². The molecule has 0 spiro atoms. The van der Waals surface area contributed by atoms with E-state index in [1.165, 1.54) is 21.8 Å². The molecule has 0 atom stereocenters. The van der Waals surface area contributed by atoms with Gasteiger partial charge in [0.25, 0.3) is 0 Å². The summed E-state index contributed by atoms with van der Waals surface area (Å²) in [5.74, 6) is 0.575. The molecular weight excluding hydrogens is 448 g/mol. The lowest BCUT2D eigenvalue weighted by Gasteiger charge is -2.18. The van der Waals surface area contributed by atoms with E-state index >= 15 is 0 Å². The number of aromatic nitrogens is 5. The van der Waals surface area contributed by atoms with E-state index in [0.29, 0.717) is 10.9 Å². The second-order valence-corrected chi connectivity index (χ2v) is 9.61. The SMILES string of the molecule is CCc1ccc(N(C(C)=O)c2nc(CSc3nnnn3CCc3cccs3)cs2)cc1. The van der Waals surface area contributed by atoms with Crippen molar-refractivity contribution in [2.75, 3.05) is 4.90 Å². The average molecular weight is 471 g/mol. The van der Waals surface area contributed by atoms with Crippen LogP contribution in [0.3, 0.4) is 0 Å². The highest BCUT2D eigenvalue weighted by atomic mass is 32.2. The second kappa shape index (κ2) is 10.2. The van der Waals surface area contributed by atoms with Crippen molar-refractivity contribution in [1.29, 1.82) is 0 Å². The van der Waals surface area contributed by atoms with Crippen LogP contribution in [0.4, 0.5) is 10.8 Å². The summed E-state index contributed by atoms with van der Waals surface area (Å²) < 4.78 is 1.83. The molecule has 4 aromatic rings. The van der Waals surface area contributed by atoms with Crippen LogP contribution in [0.2, 0.25) is 0 Å². The summed E-state index contributed by atoms with van der Waals surface area (Å²) in [6, 6.07) is 12.2. The van der Waals surface area contributed by atoms with Crippen molar-refractivity contribution in [2.45, 2.75) is 44.1 Å². The van der Waals surface area contributed by atoms with E-state index in [2.05, 4.69) is 40.0 Å². The minimum Gasteiger partial charge on any atom is -0.274 e. The molecule has 4 rings (SSSR count). The number of thioether (sulfide) groups is 1. The molecule has 0 aliphatic heterocycles. The smallest absolute Gasteiger partial charge is 0.230 e. The first kappa shape index (κ1) is 21.7. The Morgan fingerprint density at radius 3 is 2.74 bits per heavy atom. The highest BCUT2D eigenvalue weighted by Gasteiger charge is 2.18. The number of anilines is 2. The fraction of sp³-hybridized carbons (Fsp3) is 0.286. The first-order valence-corrected chi connectivity index (χ1v) is 12.6. The Hall–Kier alpha value is -2.56. The molecule has 31 heavy (non-hydrogen) atoms. The van der Waals surface area contributed by atoms with Crippen molar-refractivity contribution >= 4 is 51.2 Å². The van der Waals surface area contributed by atoms with Gasteiger partial charge in [0, 0.05) is 29.4 Å². The van der Waals surface area contributed by atoms with Crippen LogP contribution in [0.5, 0.6) is 0 Å².